The van der Waals surface area contributed by atoms with E-state index in [4.69, 9.17) is 6.92 Å². The van der Waals surface area contributed by atoms with Gasteiger partial charge in [-0.15, -0.1) is 0 Å². The zero-order valence-corrected chi connectivity index (χ0v) is 7.36. The van der Waals surface area contributed by atoms with E-state index in [1.54, 1.807) is 0 Å². The fraction of sp³-hybridized carbons (Fsp3) is 0.273. The molecule has 66 valence electrons. The number of ketones is 1. The molecule has 1 aromatic carbocycles. The van der Waals surface area contributed by atoms with Gasteiger partial charge in [0.1, 0.15) is 0 Å². The molecular weight excluding hydrogens is 162 g/mol. The predicted molar refractivity (Wildman–Crippen MR) is 49.9 cm³/mol. The number of benzene rings is 1. The van der Waals surface area contributed by atoms with Crippen molar-refractivity contribution in [3.8, 4) is 0 Å². The highest BCUT2D eigenvalue weighted by Crippen LogP contribution is 2.21. The third kappa shape index (κ3) is 1.78. The Bertz CT molecular complexity index is 308. The van der Waals surface area contributed by atoms with E-state index >= 15 is 0 Å². The van der Waals surface area contributed by atoms with Crippen LogP contribution in [0.25, 0.3) is 0 Å². The molecule has 0 aromatic heterocycles. The molecule has 0 spiro atoms. The molecule has 2 rings (SSSR count). The second kappa shape index (κ2) is 3.30. The Hall–Kier alpha value is -1.15. The summed E-state index contributed by atoms with van der Waals surface area (Å²) in [5, 5.41) is 0. The topological polar surface area (TPSA) is 20.3 Å². The molecule has 1 aromatic rings. The molecule has 0 amide bonds. The van der Waals surface area contributed by atoms with E-state index in [0.717, 1.165) is 13.1 Å². The van der Waals surface area contributed by atoms with Gasteiger partial charge in [-0.1, -0.05) is 24.3 Å². The number of carbonyl (C=O) groups is 1. The van der Waals surface area contributed by atoms with Crippen LogP contribution in [0.4, 0.5) is 0 Å². The van der Waals surface area contributed by atoms with Gasteiger partial charge in [0.25, 0.3) is 0 Å². The predicted octanol–water partition coefficient (Wildman–Crippen LogP) is 1.28. The molecule has 0 saturated heterocycles. The summed E-state index contributed by atoms with van der Waals surface area (Å²) in [6.07, 6.45) is 0. The van der Waals surface area contributed by atoms with Crippen molar-refractivity contribution in [2.75, 3.05) is 6.54 Å². The summed E-state index contributed by atoms with van der Waals surface area (Å²) in [6.45, 7) is 7.18. The SMILES string of the molecule is [CH]C(=O)CN1Cc2ccccc2C1. The lowest BCUT2D eigenvalue weighted by atomic mass is 10.1. The summed E-state index contributed by atoms with van der Waals surface area (Å²) < 4.78 is 0. The van der Waals surface area contributed by atoms with Crippen LogP contribution in [-0.2, 0) is 17.9 Å². The third-order valence-corrected chi connectivity index (χ3v) is 2.29. The van der Waals surface area contributed by atoms with Gasteiger partial charge >= 0.3 is 0 Å². The van der Waals surface area contributed by atoms with Crippen LogP contribution in [0.1, 0.15) is 11.1 Å². The first-order valence-electron chi connectivity index (χ1n) is 4.33. The lowest BCUT2D eigenvalue weighted by Crippen LogP contribution is -2.22. The molecular formula is C11H11NO. The summed E-state index contributed by atoms with van der Waals surface area (Å²) >= 11 is 0. The van der Waals surface area contributed by atoms with Crippen molar-refractivity contribution in [2.45, 2.75) is 13.1 Å². The van der Waals surface area contributed by atoms with Gasteiger partial charge in [0, 0.05) is 20.0 Å². The van der Waals surface area contributed by atoms with E-state index in [1.807, 2.05) is 17.0 Å². The molecule has 0 unspecified atom stereocenters. The maximum Gasteiger partial charge on any atom is 0.151 e. The van der Waals surface area contributed by atoms with Gasteiger partial charge in [-0.3, -0.25) is 9.69 Å². The lowest BCUT2D eigenvalue weighted by molar-refractivity contribution is -0.116. The molecule has 0 saturated carbocycles. The van der Waals surface area contributed by atoms with E-state index in [9.17, 15) is 4.79 Å². The van der Waals surface area contributed by atoms with Gasteiger partial charge in [-0.25, -0.2) is 0 Å². The van der Waals surface area contributed by atoms with Gasteiger partial charge in [0.15, 0.2) is 5.78 Å². The van der Waals surface area contributed by atoms with E-state index in [1.165, 1.54) is 11.1 Å². The van der Waals surface area contributed by atoms with E-state index < -0.39 is 0 Å². The van der Waals surface area contributed by atoms with Gasteiger partial charge < -0.3 is 0 Å². The molecule has 0 aliphatic carbocycles. The van der Waals surface area contributed by atoms with Crippen LogP contribution in [0.2, 0.25) is 0 Å². The Morgan fingerprint density at radius 2 is 1.85 bits per heavy atom. The highest BCUT2D eigenvalue weighted by molar-refractivity contribution is 5.84. The van der Waals surface area contributed by atoms with Crippen molar-refractivity contribution in [2.24, 2.45) is 0 Å². The van der Waals surface area contributed by atoms with Crippen molar-refractivity contribution >= 4 is 5.78 Å². The summed E-state index contributed by atoms with van der Waals surface area (Å²) in [5.41, 5.74) is 2.62. The summed E-state index contributed by atoms with van der Waals surface area (Å²) in [4.78, 5) is 12.7. The summed E-state index contributed by atoms with van der Waals surface area (Å²) in [5.74, 6) is -0.257. The van der Waals surface area contributed by atoms with Gasteiger partial charge in [0.2, 0.25) is 0 Å². The Labute approximate surface area is 78.2 Å². The maximum absolute atomic E-state index is 10.7. The molecule has 2 radical (unpaired) electrons. The molecule has 0 bridgehead atoms. The van der Waals surface area contributed by atoms with Crippen LogP contribution in [0.15, 0.2) is 24.3 Å². The minimum Gasteiger partial charge on any atom is -0.298 e. The molecule has 1 heterocycles. The first kappa shape index (κ1) is 8.45. The molecule has 0 N–H and O–H groups in total. The maximum atomic E-state index is 10.7. The molecule has 2 heteroatoms. The summed E-state index contributed by atoms with van der Waals surface area (Å²) in [7, 11) is 0. The first-order chi connectivity index (χ1) is 6.25. The average molecular weight is 173 g/mol. The Balaban J connectivity index is 2.09. The third-order valence-electron chi connectivity index (χ3n) is 2.29. The molecule has 1 aliphatic heterocycles. The van der Waals surface area contributed by atoms with Crippen molar-refractivity contribution in [1.29, 1.82) is 0 Å². The second-order valence-electron chi connectivity index (χ2n) is 3.38. The highest BCUT2D eigenvalue weighted by atomic mass is 16.1. The molecule has 0 fully saturated rings. The molecule has 2 nitrogen and oxygen atoms in total. The number of hydrogen-bond donors (Lipinski definition) is 0. The molecule has 13 heavy (non-hydrogen) atoms. The van der Waals surface area contributed by atoms with Gasteiger partial charge in [0.05, 0.1) is 6.54 Å². The van der Waals surface area contributed by atoms with Crippen molar-refractivity contribution in [3.05, 3.63) is 42.3 Å². The first-order valence-corrected chi connectivity index (χ1v) is 4.33. The normalized spacial score (nSPS) is 15.8. The van der Waals surface area contributed by atoms with E-state index in [0.29, 0.717) is 6.54 Å². The van der Waals surface area contributed by atoms with Gasteiger partial charge in [-0.05, 0) is 11.1 Å². The minimum atomic E-state index is -0.257. The average Bonchev–Trinajstić information content (AvgIpc) is 2.44. The van der Waals surface area contributed by atoms with Crippen LogP contribution in [0, 0.1) is 6.92 Å². The van der Waals surface area contributed by atoms with Crippen LogP contribution in [0.5, 0.6) is 0 Å². The highest BCUT2D eigenvalue weighted by Gasteiger charge is 2.18. The minimum absolute atomic E-state index is 0.257. The zero-order chi connectivity index (χ0) is 9.26. The summed E-state index contributed by atoms with van der Waals surface area (Å²) in [6, 6.07) is 8.23. The monoisotopic (exact) mass is 173 g/mol. The second-order valence-corrected chi connectivity index (χ2v) is 3.38. The van der Waals surface area contributed by atoms with E-state index in [2.05, 4.69) is 12.1 Å². The van der Waals surface area contributed by atoms with Gasteiger partial charge in [-0.2, -0.15) is 0 Å². The van der Waals surface area contributed by atoms with Crippen LogP contribution in [0.3, 0.4) is 0 Å². The largest absolute Gasteiger partial charge is 0.298 e. The van der Waals surface area contributed by atoms with E-state index in [-0.39, 0.29) is 5.78 Å². The fourth-order valence-corrected chi connectivity index (χ4v) is 1.74. The smallest absolute Gasteiger partial charge is 0.151 e. The number of nitrogens with zero attached hydrogens (tertiary/aromatic N) is 1. The molecule has 0 atom stereocenters. The van der Waals surface area contributed by atoms with Crippen LogP contribution >= 0.6 is 0 Å². The zero-order valence-electron chi connectivity index (χ0n) is 7.36. The van der Waals surface area contributed by atoms with Crippen LogP contribution in [-0.4, -0.2) is 17.2 Å². The van der Waals surface area contributed by atoms with Crippen molar-refractivity contribution < 1.29 is 4.79 Å². The lowest BCUT2D eigenvalue weighted by Gasteiger charge is -2.10. The standard InChI is InChI=1S/C11H11NO/c1-9(13)6-12-7-10-4-2-3-5-11(10)8-12/h1-5H,6-8H2. The number of carbonyl (C=O) groups excluding carboxylic acids is 1. The van der Waals surface area contributed by atoms with Crippen LogP contribution < -0.4 is 0 Å². The Kier molecular flexibility index (Phi) is 2.15. The fourth-order valence-electron chi connectivity index (χ4n) is 1.74. The molecule has 1 aliphatic rings. The number of Topliss-reactive ketones (excluding diaryl/α,β-unsaturated/α-hetero) is 1. The Morgan fingerprint density at radius 1 is 1.31 bits per heavy atom. The number of fused-ring (bicyclic) bond motifs is 1. The Morgan fingerprint density at radius 3 is 2.31 bits per heavy atom. The van der Waals surface area contributed by atoms with Crippen molar-refractivity contribution in [1.82, 2.24) is 4.90 Å². The number of hydrogen-bond acceptors (Lipinski definition) is 2. The van der Waals surface area contributed by atoms with Crippen molar-refractivity contribution in [3.63, 3.8) is 0 Å². The quantitative estimate of drug-likeness (QED) is 0.671. The number of rotatable bonds is 2.